The maximum absolute atomic E-state index is 12.9. The first kappa shape index (κ1) is 16.2. The van der Waals surface area contributed by atoms with E-state index in [1.54, 1.807) is 7.11 Å². The number of benzene rings is 1. The van der Waals surface area contributed by atoms with E-state index in [-0.39, 0.29) is 5.92 Å². The topological polar surface area (TPSA) is 47.4 Å². The van der Waals surface area contributed by atoms with Gasteiger partial charge in [0.05, 0.1) is 24.9 Å². The van der Waals surface area contributed by atoms with Crippen LogP contribution in [0.4, 0.5) is 0 Å². The van der Waals surface area contributed by atoms with Crippen LogP contribution in [-0.4, -0.2) is 40.6 Å². The number of carbonyl (C=O) groups is 1. The molecular weight excluding hydrogens is 314 g/mol. The molecule has 1 aromatic carbocycles. The van der Waals surface area contributed by atoms with Gasteiger partial charge in [0, 0.05) is 31.6 Å². The predicted molar refractivity (Wildman–Crippen MR) is 96.5 cm³/mol. The fraction of sp³-hybridized carbons (Fsp3) is 0.500. The number of rotatable bonds is 3. The molecule has 132 valence electrons. The van der Waals surface area contributed by atoms with Crippen LogP contribution in [-0.2, 0) is 17.8 Å². The van der Waals surface area contributed by atoms with Crippen LogP contribution in [0, 0.1) is 5.92 Å². The van der Waals surface area contributed by atoms with Gasteiger partial charge in [0.25, 0.3) is 0 Å². The second kappa shape index (κ2) is 6.90. The number of aromatic nitrogens is 2. The molecule has 3 heterocycles. The number of likely N-dealkylation sites (tertiary alicyclic amines) is 1. The quantitative estimate of drug-likeness (QED) is 0.863. The van der Waals surface area contributed by atoms with E-state index < -0.39 is 0 Å². The Hall–Kier alpha value is -2.30. The molecule has 0 radical (unpaired) electrons. The van der Waals surface area contributed by atoms with Crippen molar-refractivity contribution < 1.29 is 9.53 Å². The van der Waals surface area contributed by atoms with Gasteiger partial charge in [-0.25, -0.2) is 4.98 Å². The Morgan fingerprint density at radius 2 is 1.92 bits per heavy atom. The normalized spacial score (nSPS) is 20.2. The van der Waals surface area contributed by atoms with Crippen LogP contribution in [0.1, 0.15) is 31.5 Å². The fourth-order valence-electron chi connectivity index (χ4n) is 4.00. The van der Waals surface area contributed by atoms with E-state index in [2.05, 4.69) is 26.6 Å². The number of nitrogens with zero attached hydrogens (tertiary/aromatic N) is 3. The number of aryl methyl sites for hydroxylation is 1. The highest BCUT2D eigenvalue weighted by Gasteiger charge is 2.30. The molecule has 2 aliphatic rings. The van der Waals surface area contributed by atoms with Crippen LogP contribution in [0.3, 0.4) is 0 Å². The summed E-state index contributed by atoms with van der Waals surface area (Å²) < 4.78 is 7.48. The average Bonchev–Trinajstić information content (AvgIpc) is 3.11. The van der Waals surface area contributed by atoms with Gasteiger partial charge in [0.2, 0.25) is 5.91 Å². The first-order valence-electron chi connectivity index (χ1n) is 9.24. The minimum atomic E-state index is 0.0804. The Balaban J connectivity index is 1.55. The number of carbonyl (C=O) groups excluding carboxylic acids is 1. The molecule has 0 bridgehead atoms. The first-order valence-corrected chi connectivity index (χ1v) is 9.24. The van der Waals surface area contributed by atoms with Crippen molar-refractivity contribution >= 4 is 5.91 Å². The highest BCUT2D eigenvalue weighted by Crippen LogP contribution is 2.29. The summed E-state index contributed by atoms with van der Waals surface area (Å²) in [5.74, 6) is 2.35. The molecule has 5 heteroatoms. The lowest BCUT2D eigenvalue weighted by atomic mass is 9.96. The standard InChI is InChI=1S/C20H25N3O2/c1-25-17-8-5-15(6-9-17)18-13-21-19-10-7-16(14-23(18)19)20(24)22-11-3-2-4-12-22/h5-6,8-9,13,16H,2-4,7,10-12,14H2,1H3. The van der Waals surface area contributed by atoms with Gasteiger partial charge in [-0.15, -0.1) is 0 Å². The highest BCUT2D eigenvalue weighted by molar-refractivity contribution is 5.79. The summed E-state index contributed by atoms with van der Waals surface area (Å²) in [5, 5.41) is 0. The van der Waals surface area contributed by atoms with Crippen molar-refractivity contribution in [1.82, 2.24) is 14.5 Å². The minimum absolute atomic E-state index is 0.0804. The number of ether oxygens (including phenoxy) is 1. The highest BCUT2D eigenvalue weighted by atomic mass is 16.5. The third-order valence-corrected chi connectivity index (χ3v) is 5.46. The van der Waals surface area contributed by atoms with Crippen LogP contribution in [0.25, 0.3) is 11.3 Å². The molecule has 2 aliphatic heterocycles. The number of methoxy groups -OCH3 is 1. The second-order valence-corrected chi connectivity index (χ2v) is 7.02. The molecule has 0 aliphatic carbocycles. The van der Waals surface area contributed by atoms with E-state index in [1.165, 1.54) is 6.42 Å². The lowest BCUT2D eigenvalue weighted by molar-refractivity contribution is -0.137. The molecule has 1 saturated heterocycles. The molecular formula is C20H25N3O2. The number of amides is 1. The first-order chi connectivity index (χ1) is 12.3. The molecule has 0 saturated carbocycles. The number of fused-ring (bicyclic) bond motifs is 1. The van der Waals surface area contributed by atoms with Crippen LogP contribution in [0.5, 0.6) is 5.75 Å². The Labute approximate surface area is 148 Å². The number of hydrogen-bond donors (Lipinski definition) is 0. The molecule has 0 N–H and O–H groups in total. The van der Waals surface area contributed by atoms with E-state index in [9.17, 15) is 4.79 Å². The van der Waals surface area contributed by atoms with Gasteiger partial charge in [0.1, 0.15) is 11.6 Å². The van der Waals surface area contributed by atoms with E-state index in [4.69, 9.17) is 4.74 Å². The summed E-state index contributed by atoms with van der Waals surface area (Å²) in [5.41, 5.74) is 2.21. The largest absolute Gasteiger partial charge is 0.497 e. The molecule has 1 unspecified atom stereocenters. The maximum atomic E-state index is 12.9. The van der Waals surface area contributed by atoms with Crippen molar-refractivity contribution in [3.63, 3.8) is 0 Å². The van der Waals surface area contributed by atoms with E-state index in [0.29, 0.717) is 5.91 Å². The zero-order valence-corrected chi connectivity index (χ0v) is 14.8. The Bertz CT molecular complexity index is 745. The summed E-state index contributed by atoms with van der Waals surface area (Å²) in [6.45, 7) is 2.60. The van der Waals surface area contributed by atoms with Gasteiger partial charge >= 0.3 is 0 Å². The summed E-state index contributed by atoms with van der Waals surface area (Å²) in [6.07, 6.45) is 7.26. The third-order valence-electron chi connectivity index (χ3n) is 5.46. The number of hydrogen-bond acceptors (Lipinski definition) is 3. The third kappa shape index (κ3) is 3.15. The predicted octanol–water partition coefficient (Wildman–Crippen LogP) is 3.13. The van der Waals surface area contributed by atoms with Crippen molar-refractivity contribution in [3.8, 4) is 17.0 Å². The van der Waals surface area contributed by atoms with E-state index in [0.717, 1.165) is 68.1 Å². The summed E-state index contributed by atoms with van der Waals surface area (Å²) in [6, 6.07) is 8.04. The zero-order valence-electron chi connectivity index (χ0n) is 14.8. The lowest BCUT2D eigenvalue weighted by Crippen LogP contribution is -2.42. The lowest BCUT2D eigenvalue weighted by Gasteiger charge is -2.32. The van der Waals surface area contributed by atoms with Gasteiger partial charge in [-0.2, -0.15) is 0 Å². The van der Waals surface area contributed by atoms with Crippen molar-refractivity contribution in [1.29, 1.82) is 0 Å². The average molecular weight is 339 g/mol. The van der Waals surface area contributed by atoms with Crippen LogP contribution >= 0.6 is 0 Å². The molecule has 1 fully saturated rings. The van der Waals surface area contributed by atoms with Crippen molar-refractivity contribution in [2.75, 3.05) is 20.2 Å². The molecule has 1 aromatic heterocycles. The monoisotopic (exact) mass is 339 g/mol. The molecule has 4 rings (SSSR count). The van der Waals surface area contributed by atoms with Gasteiger partial charge in [-0.3, -0.25) is 4.79 Å². The second-order valence-electron chi connectivity index (χ2n) is 7.02. The van der Waals surface area contributed by atoms with Crippen LogP contribution < -0.4 is 4.74 Å². The summed E-state index contributed by atoms with van der Waals surface area (Å²) >= 11 is 0. The Morgan fingerprint density at radius 1 is 1.16 bits per heavy atom. The molecule has 0 spiro atoms. The van der Waals surface area contributed by atoms with Gasteiger partial charge < -0.3 is 14.2 Å². The Kier molecular flexibility index (Phi) is 4.47. The van der Waals surface area contributed by atoms with E-state index >= 15 is 0 Å². The van der Waals surface area contributed by atoms with Crippen molar-refractivity contribution in [3.05, 3.63) is 36.3 Å². The Morgan fingerprint density at radius 3 is 2.64 bits per heavy atom. The van der Waals surface area contributed by atoms with Gasteiger partial charge in [-0.1, -0.05) is 0 Å². The number of imidazole rings is 1. The van der Waals surface area contributed by atoms with E-state index in [1.807, 2.05) is 18.3 Å². The van der Waals surface area contributed by atoms with Gasteiger partial charge in [-0.05, 0) is 49.9 Å². The van der Waals surface area contributed by atoms with Crippen molar-refractivity contribution in [2.24, 2.45) is 5.92 Å². The SMILES string of the molecule is COc1ccc(-c2cnc3n2CC(C(=O)N2CCCCC2)CC3)cc1. The van der Waals surface area contributed by atoms with Crippen molar-refractivity contribution in [2.45, 2.75) is 38.6 Å². The summed E-state index contributed by atoms with van der Waals surface area (Å²) in [7, 11) is 1.67. The minimum Gasteiger partial charge on any atom is -0.497 e. The molecule has 1 amide bonds. The van der Waals surface area contributed by atoms with Crippen LogP contribution in [0.15, 0.2) is 30.5 Å². The smallest absolute Gasteiger partial charge is 0.227 e. The number of piperidine rings is 1. The molecule has 25 heavy (non-hydrogen) atoms. The van der Waals surface area contributed by atoms with Crippen LogP contribution in [0.2, 0.25) is 0 Å². The maximum Gasteiger partial charge on any atom is 0.227 e. The fourth-order valence-corrected chi connectivity index (χ4v) is 4.00. The van der Waals surface area contributed by atoms with Gasteiger partial charge in [0.15, 0.2) is 0 Å². The molecule has 5 nitrogen and oxygen atoms in total. The zero-order chi connectivity index (χ0) is 17.2. The molecule has 2 aromatic rings. The summed E-state index contributed by atoms with van der Waals surface area (Å²) in [4.78, 5) is 19.6. The molecule has 1 atom stereocenters.